The maximum absolute atomic E-state index is 13.3. The van der Waals surface area contributed by atoms with Gasteiger partial charge >= 0.3 is 5.97 Å². The van der Waals surface area contributed by atoms with E-state index in [0.717, 1.165) is 16.5 Å². The fraction of sp³-hybridized carbons (Fsp3) is 0.538. The normalized spacial score (nSPS) is 14.7. The number of aliphatic hydroxyl groups is 1. The molecule has 11 heteroatoms. The highest BCUT2D eigenvalue weighted by Crippen LogP contribution is 2.19. The lowest BCUT2D eigenvalue weighted by atomic mass is 10.0. The number of benzene rings is 1. The number of hydrogen-bond donors (Lipinski definition) is 7. The Hall–Kier alpha value is -3.44. The predicted octanol–water partition coefficient (Wildman–Crippen LogP) is 0.661. The molecule has 0 aliphatic rings. The van der Waals surface area contributed by atoms with E-state index in [-0.39, 0.29) is 24.7 Å². The molecular formula is C26H39N5O6. The zero-order chi connectivity index (χ0) is 27.7. The average molecular weight is 518 g/mol. The number of aliphatic hydroxyl groups excluding tert-OH is 1. The molecule has 8 N–H and O–H groups in total. The number of carboxylic acid groups (broad SMARTS) is 1. The van der Waals surface area contributed by atoms with E-state index in [2.05, 4.69) is 20.9 Å². The van der Waals surface area contributed by atoms with E-state index in [4.69, 9.17) is 5.73 Å². The number of aromatic nitrogens is 1. The summed E-state index contributed by atoms with van der Waals surface area (Å²) in [6.07, 6.45) is 2.44. The summed E-state index contributed by atoms with van der Waals surface area (Å²) in [6.45, 7) is 6.73. The summed E-state index contributed by atoms with van der Waals surface area (Å²) < 4.78 is 0. The van der Waals surface area contributed by atoms with E-state index in [1.165, 1.54) is 0 Å². The van der Waals surface area contributed by atoms with Crippen LogP contribution in [0.5, 0.6) is 0 Å². The van der Waals surface area contributed by atoms with Crippen molar-refractivity contribution in [3.05, 3.63) is 36.0 Å². The third-order valence-corrected chi connectivity index (χ3v) is 5.93. The molecule has 2 rings (SSSR count). The Morgan fingerprint density at radius 2 is 1.43 bits per heavy atom. The number of para-hydroxylation sites is 1. The lowest BCUT2D eigenvalue weighted by Gasteiger charge is -2.25. The zero-order valence-electron chi connectivity index (χ0n) is 21.8. The first-order valence-corrected chi connectivity index (χ1v) is 12.5. The Morgan fingerprint density at radius 3 is 2.03 bits per heavy atom. The number of rotatable bonds is 14. The van der Waals surface area contributed by atoms with Gasteiger partial charge in [-0.15, -0.1) is 0 Å². The van der Waals surface area contributed by atoms with Crippen molar-refractivity contribution < 1.29 is 29.4 Å². The van der Waals surface area contributed by atoms with Crippen molar-refractivity contribution in [1.29, 1.82) is 0 Å². The van der Waals surface area contributed by atoms with Gasteiger partial charge in [0.2, 0.25) is 17.7 Å². The second-order valence-electron chi connectivity index (χ2n) is 10.1. The van der Waals surface area contributed by atoms with Crippen LogP contribution in [0.15, 0.2) is 30.5 Å². The van der Waals surface area contributed by atoms with Crippen molar-refractivity contribution in [2.45, 2.75) is 71.1 Å². The summed E-state index contributed by atoms with van der Waals surface area (Å²) in [5, 5.41) is 27.6. The standard InChI is InChI=1S/C26H39N5O6/c1-14(2)9-18(27)23(33)29-20(11-16-12-28-19-8-6-5-7-17(16)19)24(34)31-22(13-32)25(35)30-21(26(36)37)10-15(3)4/h5-8,12,14-15,18,20-22,28,32H,9-11,13,27H2,1-4H3,(H,29,33)(H,30,35)(H,31,34)(H,36,37). The predicted molar refractivity (Wildman–Crippen MR) is 139 cm³/mol. The van der Waals surface area contributed by atoms with Crippen LogP contribution in [0.2, 0.25) is 0 Å². The zero-order valence-corrected chi connectivity index (χ0v) is 21.8. The number of aromatic amines is 1. The number of aliphatic carboxylic acids is 1. The minimum Gasteiger partial charge on any atom is -0.480 e. The maximum Gasteiger partial charge on any atom is 0.326 e. The van der Waals surface area contributed by atoms with Crippen molar-refractivity contribution in [2.24, 2.45) is 17.6 Å². The number of fused-ring (bicyclic) bond motifs is 1. The molecule has 0 radical (unpaired) electrons. The van der Waals surface area contributed by atoms with Crippen LogP contribution < -0.4 is 21.7 Å². The molecule has 1 aromatic carbocycles. The molecular weight excluding hydrogens is 478 g/mol. The van der Waals surface area contributed by atoms with Crippen LogP contribution in [0.3, 0.4) is 0 Å². The number of amides is 3. The monoisotopic (exact) mass is 517 g/mol. The summed E-state index contributed by atoms with van der Waals surface area (Å²) in [7, 11) is 0. The Kier molecular flexibility index (Phi) is 11.1. The second kappa shape index (κ2) is 13.8. The fourth-order valence-corrected chi connectivity index (χ4v) is 4.05. The maximum atomic E-state index is 13.3. The Balaban J connectivity index is 2.23. The molecule has 4 unspecified atom stereocenters. The van der Waals surface area contributed by atoms with E-state index < -0.39 is 54.5 Å². The fourth-order valence-electron chi connectivity index (χ4n) is 4.05. The minimum absolute atomic E-state index is 0.00520. The number of carbonyl (C=O) groups excluding carboxylic acids is 3. The quantitative estimate of drug-likeness (QED) is 0.192. The summed E-state index contributed by atoms with van der Waals surface area (Å²) in [6, 6.07) is 2.98. The van der Waals surface area contributed by atoms with E-state index >= 15 is 0 Å². The van der Waals surface area contributed by atoms with Gasteiger partial charge in [-0.1, -0.05) is 45.9 Å². The van der Waals surface area contributed by atoms with E-state index in [9.17, 15) is 29.4 Å². The second-order valence-corrected chi connectivity index (χ2v) is 10.1. The van der Waals surface area contributed by atoms with E-state index in [1.54, 1.807) is 6.20 Å². The molecule has 0 aliphatic carbocycles. The first-order valence-electron chi connectivity index (χ1n) is 12.5. The highest BCUT2D eigenvalue weighted by atomic mass is 16.4. The average Bonchev–Trinajstić information content (AvgIpc) is 3.23. The minimum atomic E-state index is -1.41. The number of carboxylic acids is 1. The van der Waals surface area contributed by atoms with Crippen LogP contribution in [-0.2, 0) is 25.6 Å². The highest BCUT2D eigenvalue weighted by molar-refractivity contribution is 5.95. The van der Waals surface area contributed by atoms with Crippen molar-refractivity contribution in [3.63, 3.8) is 0 Å². The Bertz CT molecular complexity index is 1080. The number of H-pyrrole nitrogens is 1. The van der Waals surface area contributed by atoms with Crippen molar-refractivity contribution in [1.82, 2.24) is 20.9 Å². The van der Waals surface area contributed by atoms with Crippen molar-refractivity contribution in [3.8, 4) is 0 Å². The summed E-state index contributed by atoms with van der Waals surface area (Å²) in [4.78, 5) is 53.4. The first-order chi connectivity index (χ1) is 17.4. The third-order valence-electron chi connectivity index (χ3n) is 5.93. The molecule has 0 bridgehead atoms. The number of nitrogens with two attached hydrogens (primary N) is 1. The van der Waals surface area contributed by atoms with Crippen LogP contribution in [-0.4, -0.2) is 69.7 Å². The molecule has 11 nitrogen and oxygen atoms in total. The lowest BCUT2D eigenvalue weighted by molar-refractivity contribution is -0.143. The van der Waals surface area contributed by atoms with Gasteiger partial charge < -0.3 is 36.9 Å². The first kappa shape index (κ1) is 29.8. The van der Waals surface area contributed by atoms with Gasteiger partial charge in [-0.2, -0.15) is 0 Å². The largest absolute Gasteiger partial charge is 0.480 e. The molecule has 0 fully saturated rings. The topological polar surface area (TPSA) is 187 Å². The molecule has 1 aromatic heterocycles. The summed E-state index contributed by atoms with van der Waals surface area (Å²) in [5.74, 6) is -3.11. The molecule has 0 saturated heterocycles. The molecule has 204 valence electrons. The Morgan fingerprint density at radius 1 is 0.865 bits per heavy atom. The molecule has 0 aliphatic heterocycles. The van der Waals surface area contributed by atoms with Gasteiger partial charge in [-0.25, -0.2) is 4.79 Å². The number of hydrogen-bond acceptors (Lipinski definition) is 6. The lowest BCUT2D eigenvalue weighted by Crippen LogP contribution is -2.58. The number of carbonyl (C=O) groups is 4. The molecule has 1 heterocycles. The van der Waals surface area contributed by atoms with Gasteiger partial charge in [-0.3, -0.25) is 14.4 Å². The van der Waals surface area contributed by atoms with Crippen LogP contribution in [0.1, 0.15) is 46.1 Å². The van der Waals surface area contributed by atoms with Crippen molar-refractivity contribution in [2.75, 3.05) is 6.61 Å². The van der Waals surface area contributed by atoms with Gasteiger partial charge in [0.1, 0.15) is 18.1 Å². The van der Waals surface area contributed by atoms with Gasteiger partial charge in [0.25, 0.3) is 0 Å². The highest BCUT2D eigenvalue weighted by Gasteiger charge is 2.31. The molecule has 37 heavy (non-hydrogen) atoms. The smallest absolute Gasteiger partial charge is 0.326 e. The van der Waals surface area contributed by atoms with Crippen LogP contribution in [0.25, 0.3) is 10.9 Å². The molecule has 2 aromatic rings. The molecule has 0 spiro atoms. The van der Waals surface area contributed by atoms with Crippen LogP contribution in [0.4, 0.5) is 0 Å². The van der Waals surface area contributed by atoms with Gasteiger partial charge in [-0.05, 0) is 36.3 Å². The van der Waals surface area contributed by atoms with Crippen LogP contribution >= 0.6 is 0 Å². The molecule has 3 amide bonds. The summed E-state index contributed by atoms with van der Waals surface area (Å²) >= 11 is 0. The van der Waals surface area contributed by atoms with Crippen molar-refractivity contribution >= 4 is 34.6 Å². The summed E-state index contributed by atoms with van der Waals surface area (Å²) in [5.41, 5.74) is 7.64. The Labute approximate surface area is 216 Å². The third kappa shape index (κ3) is 8.87. The van der Waals surface area contributed by atoms with Gasteiger partial charge in [0.05, 0.1) is 12.6 Å². The van der Waals surface area contributed by atoms with Gasteiger partial charge in [0, 0.05) is 23.5 Å². The SMILES string of the molecule is CC(C)CC(N)C(=O)NC(Cc1c[nH]c2ccccc12)C(=O)NC(CO)C(=O)NC(CC(C)C)C(=O)O. The number of nitrogens with one attached hydrogen (secondary N) is 4. The molecule has 0 saturated carbocycles. The van der Waals surface area contributed by atoms with Crippen LogP contribution in [0, 0.1) is 11.8 Å². The van der Waals surface area contributed by atoms with E-state index in [0.29, 0.717) is 6.42 Å². The molecule has 4 atom stereocenters. The van der Waals surface area contributed by atoms with E-state index in [1.807, 2.05) is 52.0 Å². The van der Waals surface area contributed by atoms with Gasteiger partial charge in [0.15, 0.2) is 0 Å².